The molecule has 0 bridgehead atoms. The lowest BCUT2D eigenvalue weighted by Crippen LogP contribution is -2.27. The average Bonchev–Trinajstić information content (AvgIpc) is 3.19. The molecule has 0 aliphatic carbocycles. The van der Waals surface area contributed by atoms with Crippen LogP contribution in [0, 0.1) is 0 Å². The Hall–Kier alpha value is -2.64. The molecule has 1 aliphatic rings. The second kappa shape index (κ2) is 8.80. The number of aromatic nitrogens is 2. The lowest BCUT2D eigenvalue weighted by molar-refractivity contribution is -0.274. The third-order valence-corrected chi connectivity index (χ3v) is 4.87. The Bertz CT molecular complexity index is 845. The van der Waals surface area contributed by atoms with Crippen molar-refractivity contribution in [3.05, 3.63) is 53.1 Å². The quantitative estimate of drug-likeness (QED) is 0.707. The Labute approximate surface area is 167 Å². The van der Waals surface area contributed by atoms with Crippen molar-refractivity contribution in [3.8, 4) is 5.75 Å². The van der Waals surface area contributed by atoms with Gasteiger partial charge in [0.25, 0.3) is 5.91 Å². The molecule has 1 aromatic carbocycles. The first-order chi connectivity index (χ1) is 13.7. The zero-order valence-corrected chi connectivity index (χ0v) is 16.5. The Kier molecular flexibility index (Phi) is 6.39. The summed E-state index contributed by atoms with van der Waals surface area (Å²) in [6, 6.07) is 4.68. The molecule has 3 rings (SSSR count). The number of halogens is 3. The number of nitrogens with zero attached hydrogens (tertiary/aromatic N) is 3. The summed E-state index contributed by atoms with van der Waals surface area (Å²) in [7, 11) is 0. The standard InChI is InChI=1S/C21H24F3N3O2/c1-14(2)16-9-15(10-18(11-16)29-21(22,23)24)5-6-19-25-12-17(13-26-19)20(28)27-7-3-4-8-27/h9-14H,3-8H2,1-2H3. The van der Waals surface area contributed by atoms with Crippen molar-refractivity contribution in [1.82, 2.24) is 14.9 Å². The van der Waals surface area contributed by atoms with Crippen LogP contribution < -0.4 is 4.74 Å². The number of ether oxygens (including phenoxy) is 1. The van der Waals surface area contributed by atoms with E-state index in [1.807, 2.05) is 19.9 Å². The van der Waals surface area contributed by atoms with Crippen LogP contribution in [-0.2, 0) is 12.8 Å². The topological polar surface area (TPSA) is 55.3 Å². The molecule has 0 unspecified atom stereocenters. The van der Waals surface area contributed by atoms with Gasteiger partial charge >= 0.3 is 6.36 Å². The van der Waals surface area contributed by atoms with Crippen LogP contribution in [0.4, 0.5) is 13.2 Å². The maximum atomic E-state index is 12.6. The second-order valence-electron chi connectivity index (χ2n) is 7.50. The number of carbonyl (C=O) groups excluding carboxylic acids is 1. The molecule has 0 spiro atoms. The van der Waals surface area contributed by atoms with Crippen LogP contribution >= 0.6 is 0 Å². The van der Waals surface area contributed by atoms with Crippen LogP contribution in [0.5, 0.6) is 5.75 Å². The van der Waals surface area contributed by atoms with E-state index in [2.05, 4.69) is 14.7 Å². The Morgan fingerprint density at radius 2 is 1.76 bits per heavy atom. The maximum absolute atomic E-state index is 12.6. The van der Waals surface area contributed by atoms with E-state index in [1.165, 1.54) is 24.5 Å². The number of aryl methyl sites for hydroxylation is 2. The zero-order valence-electron chi connectivity index (χ0n) is 16.5. The highest BCUT2D eigenvalue weighted by Crippen LogP contribution is 2.28. The van der Waals surface area contributed by atoms with Crippen LogP contribution in [0.15, 0.2) is 30.6 Å². The Balaban J connectivity index is 1.67. The fourth-order valence-corrected chi connectivity index (χ4v) is 3.31. The lowest BCUT2D eigenvalue weighted by Gasteiger charge is -2.15. The number of carbonyl (C=O) groups is 1. The summed E-state index contributed by atoms with van der Waals surface area (Å²) in [5.41, 5.74) is 1.95. The molecular formula is C21H24F3N3O2. The van der Waals surface area contributed by atoms with Crippen LogP contribution in [0.1, 0.15) is 59.9 Å². The van der Waals surface area contributed by atoms with E-state index in [9.17, 15) is 18.0 Å². The molecule has 1 aliphatic heterocycles. The van der Waals surface area contributed by atoms with Gasteiger partial charge in [-0.2, -0.15) is 0 Å². The molecule has 5 nitrogen and oxygen atoms in total. The highest BCUT2D eigenvalue weighted by molar-refractivity contribution is 5.93. The van der Waals surface area contributed by atoms with Gasteiger partial charge in [-0.3, -0.25) is 4.79 Å². The van der Waals surface area contributed by atoms with Crippen molar-refractivity contribution in [2.75, 3.05) is 13.1 Å². The third kappa shape index (κ3) is 5.92. The largest absolute Gasteiger partial charge is 0.573 e. The van der Waals surface area contributed by atoms with Crippen molar-refractivity contribution in [2.45, 2.75) is 51.8 Å². The van der Waals surface area contributed by atoms with Crippen LogP contribution in [0.25, 0.3) is 0 Å². The van der Waals surface area contributed by atoms with Gasteiger partial charge in [0.05, 0.1) is 5.56 Å². The highest BCUT2D eigenvalue weighted by Gasteiger charge is 2.31. The Morgan fingerprint density at radius 3 is 2.34 bits per heavy atom. The fourth-order valence-electron chi connectivity index (χ4n) is 3.31. The summed E-state index contributed by atoms with van der Waals surface area (Å²) in [5, 5.41) is 0. The molecule has 2 heterocycles. The summed E-state index contributed by atoms with van der Waals surface area (Å²) >= 11 is 0. The van der Waals surface area contributed by atoms with Crippen LogP contribution in [-0.4, -0.2) is 40.2 Å². The number of likely N-dealkylation sites (tertiary alicyclic amines) is 1. The molecule has 29 heavy (non-hydrogen) atoms. The molecular weight excluding hydrogens is 383 g/mol. The number of hydrogen-bond acceptors (Lipinski definition) is 4. The molecule has 0 N–H and O–H groups in total. The molecule has 0 saturated carbocycles. The molecule has 1 aromatic heterocycles. The van der Waals surface area contributed by atoms with Gasteiger partial charge in [0.15, 0.2) is 0 Å². The highest BCUT2D eigenvalue weighted by atomic mass is 19.4. The smallest absolute Gasteiger partial charge is 0.406 e. The first-order valence-electron chi connectivity index (χ1n) is 9.71. The van der Waals surface area contributed by atoms with Crippen molar-refractivity contribution in [1.29, 1.82) is 0 Å². The Morgan fingerprint density at radius 1 is 1.10 bits per heavy atom. The number of rotatable bonds is 6. The van der Waals surface area contributed by atoms with Crippen molar-refractivity contribution < 1.29 is 22.7 Å². The SMILES string of the molecule is CC(C)c1cc(CCc2ncc(C(=O)N3CCCC3)cn2)cc(OC(F)(F)F)c1. The van der Waals surface area contributed by atoms with E-state index in [1.54, 1.807) is 4.90 Å². The number of alkyl halides is 3. The third-order valence-electron chi connectivity index (χ3n) is 4.87. The average molecular weight is 407 g/mol. The van der Waals surface area contributed by atoms with Crippen LogP contribution in [0.2, 0.25) is 0 Å². The normalized spacial score (nSPS) is 14.5. The monoisotopic (exact) mass is 407 g/mol. The van der Waals surface area contributed by atoms with Crippen LogP contribution in [0.3, 0.4) is 0 Å². The van der Waals surface area contributed by atoms with E-state index in [-0.39, 0.29) is 17.6 Å². The predicted molar refractivity (Wildman–Crippen MR) is 102 cm³/mol. The number of hydrogen-bond donors (Lipinski definition) is 0. The van der Waals surface area contributed by atoms with E-state index >= 15 is 0 Å². The molecule has 1 fully saturated rings. The van der Waals surface area contributed by atoms with Crippen molar-refractivity contribution in [3.63, 3.8) is 0 Å². The van der Waals surface area contributed by atoms with Crippen molar-refractivity contribution in [2.24, 2.45) is 0 Å². The fraction of sp³-hybridized carbons (Fsp3) is 0.476. The predicted octanol–water partition coefficient (Wildman–Crippen LogP) is 4.52. The summed E-state index contributed by atoms with van der Waals surface area (Å²) < 4.78 is 41.9. The first-order valence-corrected chi connectivity index (χ1v) is 9.71. The molecule has 8 heteroatoms. The summed E-state index contributed by atoms with van der Waals surface area (Å²) in [6.45, 7) is 5.34. The molecule has 156 valence electrons. The molecule has 0 radical (unpaired) electrons. The van der Waals surface area contributed by atoms with Gasteiger partial charge in [-0.25, -0.2) is 9.97 Å². The first kappa shape index (κ1) is 21.1. The van der Waals surface area contributed by atoms with E-state index in [0.717, 1.165) is 37.1 Å². The van der Waals surface area contributed by atoms with Crippen molar-refractivity contribution >= 4 is 5.91 Å². The molecule has 0 atom stereocenters. The molecule has 1 saturated heterocycles. The minimum absolute atomic E-state index is 0.0624. The zero-order chi connectivity index (χ0) is 21.0. The van der Waals surface area contributed by atoms with Gasteiger partial charge in [-0.15, -0.1) is 13.2 Å². The molecule has 2 aromatic rings. The summed E-state index contributed by atoms with van der Waals surface area (Å²) in [5.74, 6) is 0.327. The molecule has 1 amide bonds. The lowest BCUT2D eigenvalue weighted by atomic mass is 9.98. The van der Waals surface area contributed by atoms with E-state index < -0.39 is 6.36 Å². The maximum Gasteiger partial charge on any atom is 0.573 e. The number of benzene rings is 1. The van der Waals surface area contributed by atoms with E-state index in [0.29, 0.717) is 24.2 Å². The van der Waals surface area contributed by atoms with Gasteiger partial charge in [-0.05, 0) is 48.4 Å². The van der Waals surface area contributed by atoms with Gasteiger partial charge in [-0.1, -0.05) is 19.9 Å². The van der Waals surface area contributed by atoms with E-state index in [4.69, 9.17) is 0 Å². The summed E-state index contributed by atoms with van der Waals surface area (Å²) in [6.07, 6.45) is 1.25. The summed E-state index contributed by atoms with van der Waals surface area (Å²) in [4.78, 5) is 22.6. The van der Waals surface area contributed by atoms with Gasteiger partial charge in [0, 0.05) is 31.9 Å². The number of amides is 1. The minimum Gasteiger partial charge on any atom is -0.406 e. The second-order valence-corrected chi connectivity index (χ2v) is 7.50. The van der Waals surface area contributed by atoms with Gasteiger partial charge in [0.2, 0.25) is 0 Å². The van der Waals surface area contributed by atoms with Gasteiger partial charge < -0.3 is 9.64 Å². The minimum atomic E-state index is -4.73. The van der Waals surface area contributed by atoms with Gasteiger partial charge in [0.1, 0.15) is 11.6 Å².